The molecule has 1 atom stereocenters. The summed E-state index contributed by atoms with van der Waals surface area (Å²) in [4.78, 5) is 12.7. The molecular weight excluding hydrogens is 504 g/mol. The number of allylic oxidation sites excluding steroid dienone is 1. The topological polar surface area (TPSA) is 104 Å². The predicted octanol–water partition coefficient (Wildman–Crippen LogP) is 6.41. The van der Waals surface area contributed by atoms with E-state index < -0.39 is 11.9 Å². The van der Waals surface area contributed by atoms with Gasteiger partial charge in [0.05, 0.1) is 18.1 Å². The number of nitrogens with two attached hydrogens (primary N) is 1. The number of nitrogens with zero attached hydrogens (tertiary/aromatic N) is 1. The predicted molar refractivity (Wildman–Crippen MR) is 150 cm³/mol. The molecule has 0 aliphatic carbocycles. The van der Waals surface area contributed by atoms with Crippen LogP contribution >= 0.6 is 0 Å². The standard InChI is InChI=1S/C33H28N2O5/c1-3-37-30-17-23(12-15-28(30)38-20-22-9-5-4-6-10-22)31-26-14-13-25(18-29(26)40-32(35)27(31)19-34)39-33(36)24-11-7-8-21(2)16-24/h4-18,31H,3,20,35H2,1-2H3. The highest BCUT2D eigenvalue weighted by atomic mass is 16.5. The van der Waals surface area contributed by atoms with Crippen molar-refractivity contribution in [2.24, 2.45) is 5.73 Å². The molecule has 0 bridgehead atoms. The zero-order chi connectivity index (χ0) is 28.1. The molecule has 4 aromatic carbocycles. The number of nitriles is 1. The Kier molecular flexibility index (Phi) is 7.70. The van der Waals surface area contributed by atoms with Gasteiger partial charge in [0.1, 0.15) is 29.7 Å². The fourth-order valence-corrected chi connectivity index (χ4v) is 4.61. The quantitative estimate of drug-likeness (QED) is 0.207. The summed E-state index contributed by atoms with van der Waals surface area (Å²) in [5.41, 5.74) is 10.4. The SMILES string of the molecule is CCOc1cc(C2C(C#N)=C(N)Oc3cc(OC(=O)c4cccc(C)c4)ccc32)ccc1OCc1ccccc1. The zero-order valence-corrected chi connectivity index (χ0v) is 22.2. The lowest BCUT2D eigenvalue weighted by Gasteiger charge is -2.27. The maximum absolute atomic E-state index is 12.7. The van der Waals surface area contributed by atoms with Gasteiger partial charge in [-0.05, 0) is 55.3 Å². The summed E-state index contributed by atoms with van der Waals surface area (Å²) >= 11 is 0. The highest BCUT2D eigenvalue weighted by Gasteiger charge is 2.32. The highest BCUT2D eigenvalue weighted by molar-refractivity contribution is 5.91. The van der Waals surface area contributed by atoms with Crippen LogP contribution in [0.25, 0.3) is 0 Å². The first kappa shape index (κ1) is 26.4. The van der Waals surface area contributed by atoms with Gasteiger partial charge in [-0.2, -0.15) is 5.26 Å². The van der Waals surface area contributed by atoms with Crippen LogP contribution in [0, 0.1) is 18.3 Å². The monoisotopic (exact) mass is 532 g/mol. The van der Waals surface area contributed by atoms with Crippen LogP contribution in [0.2, 0.25) is 0 Å². The minimum absolute atomic E-state index is 0.00970. The maximum Gasteiger partial charge on any atom is 0.343 e. The fourth-order valence-electron chi connectivity index (χ4n) is 4.61. The molecule has 1 heterocycles. The van der Waals surface area contributed by atoms with Gasteiger partial charge in [-0.15, -0.1) is 0 Å². The third-order valence-corrected chi connectivity index (χ3v) is 6.49. The molecule has 0 radical (unpaired) electrons. The van der Waals surface area contributed by atoms with E-state index in [1.165, 1.54) is 0 Å². The number of fused-ring (bicyclic) bond motifs is 1. The van der Waals surface area contributed by atoms with E-state index in [-0.39, 0.29) is 11.5 Å². The summed E-state index contributed by atoms with van der Waals surface area (Å²) in [6.07, 6.45) is 0. The van der Waals surface area contributed by atoms with E-state index in [0.29, 0.717) is 47.3 Å². The van der Waals surface area contributed by atoms with Gasteiger partial charge < -0.3 is 24.7 Å². The van der Waals surface area contributed by atoms with E-state index in [4.69, 9.17) is 24.7 Å². The number of hydrogen-bond donors (Lipinski definition) is 1. The molecule has 2 N–H and O–H groups in total. The van der Waals surface area contributed by atoms with Crippen LogP contribution in [0.5, 0.6) is 23.0 Å². The Hall–Kier alpha value is -5.22. The third-order valence-electron chi connectivity index (χ3n) is 6.49. The van der Waals surface area contributed by atoms with Crippen molar-refractivity contribution in [2.45, 2.75) is 26.4 Å². The molecule has 0 saturated heterocycles. The van der Waals surface area contributed by atoms with Crippen LogP contribution in [-0.4, -0.2) is 12.6 Å². The Labute approximate surface area is 233 Å². The van der Waals surface area contributed by atoms with Crippen molar-refractivity contribution in [1.29, 1.82) is 5.26 Å². The van der Waals surface area contributed by atoms with Crippen molar-refractivity contribution in [1.82, 2.24) is 0 Å². The van der Waals surface area contributed by atoms with Crippen LogP contribution in [0.1, 0.15) is 45.5 Å². The highest BCUT2D eigenvalue weighted by Crippen LogP contribution is 2.45. The second-order valence-corrected chi connectivity index (χ2v) is 9.30. The number of esters is 1. The average Bonchev–Trinajstić information content (AvgIpc) is 2.96. The summed E-state index contributed by atoms with van der Waals surface area (Å²) < 4.78 is 23.4. The Morgan fingerprint density at radius 2 is 1.77 bits per heavy atom. The fraction of sp³-hybridized carbons (Fsp3) is 0.152. The molecule has 1 aliphatic heterocycles. The Morgan fingerprint density at radius 3 is 2.52 bits per heavy atom. The third kappa shape index (κ3) is 5.62. The molecule has 7 heteroatoms. The lowest BCUT2D eigenvalue weighted by molar-refractivity contribution is 0.0734. The second-order valence-electron chi connectivity index (χ2n) is 9.30. The molecule has 0 saturated carbocycles. The van der Waals surface area contributed by atoms with Gasteiger partial charge in [-0.3, -0.25) is 0 Å². The van der Waals surface area contributed by atoms with Crippen LogP contribution < -0.4 is 24.7 Å². The summed E-state index contributed by atoms with van der Waals surface area (Å²) in [7, 11) is 0. The zero-order valence-electron chi connectivity index (χ0n) is 22.2. The normalized spacial score (nSPS) is 14.0. The molecule has 1 aliphatic rings. The largest absolute Gasteiger partial charge is 0.490 e. The van der Waals surface area contributed by atoms with Gasteiger partial charge >= 0.3 is 5.97 Å². The van der Waals surface area contributed by atoms with E-state index in [2.05, 4.69) is 6.07 Å². The number of aryl methyl sites for hydroxylation is 1. The Bertz CT molecular complexity index is 1620. The van der Waals surface area contributed by atoms with E-state index in [0.717, 1.165) is 16.7 Å². The van der Waals surface area contributed by atoms with Crippen molar-refractivity contribution in [3.05, 3.63) is 130 Å². The van der Waals surface area contributed by atoms with Crippen LogP contribution in [0.15, 0.2) is 102 Å². The molecule has 7 nitrogen and oxygen atoms in total. The smallest absolute Gasteiger partial charge is 0.343 e. The van der Waals surface area contributed by atoms with Gasteiger partial charge in [0.2, 0.25) is 5.88 Å². The molecule has 40 heavy (non-hydrogen) atoms. The second kappa shape index (κ2) is 11.7. The molecule has 0 aromatic heterocycles. The molecular formula is C33H28N2O5. The summed E-state index contributed by atoms with van der Waals surface area (Å²) in [5, 5.41) is 9.99. The Balaban J connectivity index is 1.45. The minimum atomic E-state index is -0.516. The molecule has 0 spiro atoms. The number of carbonyl (C=O) groups is 1. The van der Waals surface area contributed by atoms with Gasteiger partial charge in [0.15, 0.2) is 11.5 Å². The first-order valence-electron chi connectivity index (χ1n) is 12.9. The van der Waals surface area contributed by atoms with Gasteiger partial charge in [0.25, 0.3) is 0 Å². The molecule has 0 fully saturated rings. The van der Waals surface area contributed by atoms with E-state index >= 15 is 0 Å². The molecule has 4 aromatic rings. The lowest BCUT2D eigenvalue weighted by Crippen LogP contribution is -2.21. The lowest BCUT2D eigenvalue weighted by atomic mass is 9.83. The van der Waals surface area contributed by atoms with Crippen molar-refractivity contribution in [3.8, 4) is 29.1 Å². The number of ether oxygens (including phenoxy) is 4. The molecule has 200 valence electrons. The summed E-state index contributed by atoms with van der Waals surface area (Å²) in [5.74, 6) is 0.848. The number of benzene rings is 4. The maximum atomic E-state index is 12.7. The van der Waals surface area contributed by atoms with Crippen LogP contribution in [-0.2, 0) is 6.61 Å². The van der Waals surface area contributed by atoms with Crippen molar-refractivity contribution < 1.29 is 23.7 Å². The minimum Gasteiger partial charge on any atom is -0.490 e. The number of carbonyl (C=O) groups excluding carboxylic acids is 1. The van der Waals surface area contributed by atoms with Crippen LogP contribution in [0.3, 0.4) is 0 Å². The number of hydrogen-bond acceptors (Lipinski definition) is 7. The first-order chi connectivity index (χ1) is 19.5. The van der Waals surface area contributed by atoms with Gasteiger partial charge in [0, 0.05) is 11.6 Å². The van der Waals surface area contributed by atoms with E-state index in [1.54, 1.807) is 36.4 Å². The Morgan fingerprint density at radius 1 is 0.950 bits per heavy atom. The first-order valence-corrected chi connectivity index (χ1v) is 12.9. The molecule has 1 unspecified atom stereocenters. The average molecular weight is 533 g/mol. The van der Waals surface area contributed by atoms with Gasteiger partial charge in [-0.25, -0.2) is 4.79 Å². The van der Waals surface area contributed by atoms with Crippen molar-refractivity contribution in [3.63, 3.8) is 0 Å². The summed E-state index contributed by atoms with van der Waals surface area (Å²) in [6, 6.07) is 29.9. The van der Waals surface area contributed by atoms with Gasteiger partial charge in [-0.1, -0.05) is 60.2 Å². The van der Waals surface area contributed by atoms with E-state index in [9.17, 15) is 10.1 Å². The molecule has 0 amide bonds. The van der Waals surface area contributed by atoms with E-state index in [1.807, 2.05) is 68.4 Å². The number of rotatable bonds is 8. The molecule has 5 rings (SSSR count). The van der Waals surface area contributed by atoms with Crippen molar-refractivity contribution in [2.75, 3.05) is 6.61 Å². The summed E-state index contributed by atoms with van der Waals surface area (Å²) in [6.45, 7) is 4.63. The van der Waals surface area contributed by atoms with Crippen molar-refractivity contribution >= 4 is 5.97 Å². The van der Waals surface area contributed by atoms with Crippen LogP contribution in [0.4, 0.5) is 0 Å².